The third-order valence-electron chi connectivity index (χ3n) is 8.10. The number of rotatable bonds is 7. The maximum atomic E-state index is 14.1. The van der Waals surface area contributed by atoms with E-state index < -0.39 is 29.5 Å². The number of pyridine rings is 1. The molecular weight excluding hydrogens is 673 g/mol. The summed E-state index contributed by atoms with van der Waals surface area (Å²) in [6, 6.07) is 13.5. The largest absolute Gasteiger partial charge is 0.493 e. The van der Waals surface area contributed by atoms with Gasteiger partial charge < -0.3 is 35.3 Å². The number of anilines is 1. The zero-order valence-corrected chi connectivity index (χ0v) is 30.1. The lowest BCUT2D eigenvalue weighted by molar-refractivity contribution is 0.0521. The minimum atomic E-state index is -1.31. The number of hydrogen-bond donors (Lipinski definition) is 4. The van der Waals surface area contributed by atoms with Gasteiger partial charge in [-0.3, -0.25) is 4.79 Å². The molecule has 12 nitrogen and oxygen atoms in total. The summed E-state index contributed by atoms with van der Waals surface area (Å²) in [5, 5.41) is 20.4. The van der Waals surface area contributed by atoms with Crippen molar-refractivity contribution in [2.75, 3.05) is 32.1 Å². The number of methoxy groups -OCH3 is 1. The van der Waals surface area contributed by atoms with Crippen molar-refractivity contribution in [1.82, 2.24) is 15.6 Å². The van der Waals surface area contributed by atoms with E-state index in [4.69, 9.17) is 14.2 Å². The highest BCUT2D eigenvalue weighted by atomic mass is 32.1. The van der Waals surface area contributed by atoms with E-state index in [1.165, 1.54) is 56.5 Å². The number of carbonyl (C=O) groups excluding carboxylic acids is 3. The van der Waals surface area contributed by atoms with Gasteiger partial charge in [-0.1, -0.05) is 12.1 Å². The van der Waals surface area contributed by atoms with Crippen molar-refractivity contribution < 1.29 is 38.5 Å². The molecular formula is C38H42N4O8S. The van der Waals surface area contributed by atoms with E-state index in [1.54, 1.807) is 45.0 Å². The first-order valence-corrected chi connectivity index (χ1v) is 17.5. The second-order valence-electron chi connectivity index (χ2n) is 13.1. The summed E-state index contributed by atoms with van der Waals surface area (Å²) in [4.78, 5) is 55.7. The van der Waals surface area contributed by atoms with E-state index >= 15 is 0 Å². The highest BCUT2D eigenvalue weighted by Gasteiger charge is 2.27. The van der Waals surface area contributed by atoms with Crippen LogP contribution in [0.1, 0.15) is 81.6 Å². The number of aryl methyl sites for hydroxylation is 1. The van der Waals surface area contributed by atoms with Crippen LogP contribution in [0.2, 0.25) is 0 Å². The Labute approximate surface area is 300 Å². The molecule has 1 saturated heterocycles. The van der Waals surface area contributed by atoms with Crippen LogP contribution in [0.15, 0.2) is 53.9 Å². The Morgan fingerprint density at radius 3 is 2.41 bits per heavy atom. The maximum absolute atomic E-state index is 14.1. The second kappa shape index (κ2) is 16.2. The Balaban J connectivity index is 0.000000927. The molecule has 0 radical (unpaired) electrons. The summed E-state index contributed by atoms with van der Waals surface area (Å²) >= 11 is 1.54. The number of esters is 1. The Bertz CT molecular complexity index is 1940. The zero-order chi connectivity index (χ0) is 36.7. The van der Waals surface area contributed by atoms with Gasteiger partial charge in [0, 0.05) is 45.8 Å². The van der Waals surface area contributed by atoms with Gasteiger partial charge in [-0.2, -0.15) is 0 Å². The molecule has 4 aromatic rings. The SMILES string of the molecule is C1CCNC1.COC(=O)c1nc(C(=O)O)ccc1-c1cc2c(cc1C(=O)Nc1ccc(CNC(=O)OC(C)(C)C)cc1C)-c1sccc1CCO2. The lowest BCUT2D eigenvalue weighted by Crippen LogP contribution is -2.32. The summed E-state index contributed by atoms with van der Waals surface area (Å²) in [6.07, 6.45) is 2.93. The predicted molar refractivity (Wildman–Crippen MR) is 195 cm³/mol. The van der Waals surface area contributed by atoms with Gasteiger partial charge in [0.1, 0.15) is 17.0 Å². The highest BCUT2D eigenvalue weighted by molar-refractivity contribution is 7.13. The van der Waals surface area contributed by atoms with Crippen molar-refractivity contribution in [2.45, 2.75) is 59.1 Å². The molecule has 268 valence electrons. The first-order chi connectivity index (χ1) is 24.3. The molecule has 2 amide bonds. The number of carboxylic acid groups (broad SMARTS) is 1. The van der Waals surface area contributed by atoms with Crippen LogP contribution in [0.5, 0.6) is 5.75 Å². The molecule has 2 aliphatic heterocycles. The molecule has 0 spiro atoms. The van der Waals surface area contributed by atoms with Crippen molar-refractivity contribution in [3.63, 3.8) is 0 Å². The summed E-state index contributed by atoms with van der Waals surface area (Å²) in [7, 11) is 1.17. The Kier molecular flexibility index (Phi) is 11.7. The molecule has 2 aromatic carbocycles. The van der Waals surface area contributed by atoms with Gasteiger partial charge in [0.15, 0.2) is 5.69 Å². The van der Waals surface area contributed by atoms with Gasteiger partial charge in [0.2, 0.25) is 0 Å². The Morgan fingerprint density at radius 1 is 1.00 bits per heavy atom. The number of hydrogen-bond acceptors (Lipinski definition) is 10. The molecule has 13 heteroatoms. The molecule has 0 unspecified atom stereocenters. The number of amides is 2. The van der Waals surface area contributed by atoms with E-state index in [-0.39, 0.29) is 29.1 Å². The summed E-state index contributed by atoms with van der Waals surface area (Å²) in [5.74, 6) is -2.12. The Hall–Kier alpha value is -5.27. The predicted octanol–water partition coefficient (Wildman–Crippen LogP) is 6.85. The third-order valence-corrected chi connectivity index (χ3v) is 9.09. The zero-order valence-electron chi connectivity index (χ0n) is 29.3. The lowest BCUT2D eigenvalue weighted by atomic mass is 9.93. The van der Waals surface area contributed by atoms with Crippen LogP contribution >= 0.6 is 11.3 Å². The highest BCUT2D eigenvalue weighted by Crippen LogP contribution is 2.43. The average molecular weight is 715 g/mol. The molecule has 0 aliphatic carbocycles. The van der Waals surface area contributed by atoms with Crippen LogP contribution in [0, 0.1) is 6.92 Å². The minimum Gasteiger partial charge on any atom is -0.493 e. The first-order valence-electron chi connectivity index (χ1n) is 16.6. The number of benzene rings is 2. The fraction of sp³-hybridized carbons (Fsp3) is 0.342. The van der Waals surface area contributed by atoms with Crippen molar-refractivity contribution in [3.8, 4) is 27.3 Å². The molecule has 4 N–H and O–H groups in total. The number of carboxylic acids is 1. The number of alkyl carbamates (subject to hydrolysis) is 1. The molecule has 0 saturated carbocycles. The number of thiophene rings is 1. The summed E-state index contributed by atoms with van der Waals surface area (Å²) in [5.41, 5.74) is 3.44. The smallest absolute Gasteiger partial charge is 0.407 e. The molecule has 51 heavy (non-hydrogen) atoms. The topological polar surface area (TPSA) is 165 Å². The lowest BCUT2D eigenvalue weighted by Gasteiger charge is -2.20. The third kappa shape index (κ3) is 9.30. The van der Waals surface area contributed by atoms with Crippen LogP contribution in [0.25, 0.3) is 21.6 Å². The number of carbonyl (C=O) groups is 4. The number of nitrogens with one attached hydrogen (secondary N) is 3. The van der Waals surface area contributed by atoms with E-state index in [2.05, 4.69) is 20.9 Å². The van der Waals surface area contributed by atoms with E-state index in [9.17, 15) is 24.3 Å². The van der Waals surface area contributed by atoms with Gasteiger partial charge in [-0.05, 0) is 112 Å². The standard InChI is InChI=1S/C34H33N3O8S.C4H9N/c1-18-14-19(17-35-33(42)45-34(2,3)4)6-8-25(18)37-30(38)23-15-24-27(44-12-10-20-11-13-46-29(20)24)16-22(23)21-7-9-26(31(39)40)36-28(21)32(41)43-5;1-2-4-5-3-1/h6-9,11,13-16H,10,12,17H2,1-5H3,(H,35,42)(H,37,38)(H,39,40);5H,1-4H2. The minimum absolute atomic E-state index is 0.212. The fourth-order valence-electron chi connectivity index (χ4n) is 5.65. The van der Waals surface area contributed by atoms with Crippen LogP contribution in [-0.2, 0) is 22.4 Å². The molecule has 0 atom stereocenters. The van der Waals surface area contributed by atoms with Gasteiger partial charge in [0.05, 0.1) is 13.7 Å². The summed E-state index contributed by atoms with van der Waals surface area (Å²) < 4.78 is 16.3. The van der Waals surface area contributed by atoms with E-state index in [0.717, 1.165) is 27.1 Å². The van der Waals surface area contributed by atoms with Crippen LogP contribution in [0.4, 0.5) is 10.5 Å². The number of ether oxygens (including phenoxy) is 3. The number of fused-ring (bicyclic) bond motifs is 3. The maximum Gasteiger partial charge on any atom is 0.407 e. The molecule has 6 rings (SSSR count). The first kappa shape index (κ1) is 37.0. The summed E-state index contributed by atoms with van der Waals surface area (Å²) in [6.45, 7) is 10.3. The monoisotopic (exact) mass is 714 g/mol. The van der Waals surface area contributed by atoms with Gasteiger partial charge in [-0.15, -0.1) is 11.3 Å². The van der Waals surface area contributed by atoms with Gasteiger partial charge in [-0.25, -0.2) is 19.4 Å². The normalized spacial score (nSPS) is 13.3. The molecule has 1 fully saturated rings. The van der Waals surface area contributed by atoms with Crippen molar-refractivity contribution in [2.24, 2.45) is 0 Å². The number of aromatic carboxylic acids is 1. The molecule has 2 aliphatic rings. The second-order valence-corrected chi connectivity index (χ2v) is 14.0. The number of nitrogens with zero attached hydrogens (tertiary/aromatic N) is 1. The van der Waals surface area contributed by atoms with Crippen molar-refractivity contribution in [1.29, 1.82) is 0 Å². The van der Waals surface area contributed by atoms with Crippen molar-refractivity contribution in [3.05, 3.63) is 87.6 Å². The van der Waals surface area contributed by atoms with Gasteiger partial charge in [0.25, 0.3) is 5.91 Å². The fourth-order valence-corrected chi connectivity index (χ4v) is 6.63. The van der Waals surface area contributed by atoms with Crippen LogP contribution < -0.4 is 20.7 Å². The van der Waals surface area contributed by atoms with Gasteiger partial charge >= 0.3 is 18.0 Å². The Morgan fingerprint density at radius 2 is 1.76 bits per heavy atom. The molecule has 0 bridgehead atoms. The quantitative estimate of drug-likeness (QED) is 0.149. The van der Waals surface area contributed by atoms with Crippen LogP contribution in [-0.4, -0.2) is 66.4 Å². The van der Waals surface area contributed by atoms with E-state index in [0.29, 0.717) is 30.0 Å². The van der Waals surface area contributed by atoms with E-state index in [1.807, 2.05) is 24.4 Å². The average Bonchev–Trinajstić information content (AvgIpc) is 3.81. The molecule has 2 aromatic heterocycles. The van der Waals surface area contributed by atoms with Crippen LogP contribution in [0.3, 0.4) is 0 Å². The number of aromatic nitrogens is 1. The van der Waals surface area contributed by atoms with Crippen molar-refractivity contribution >= 4 is 41.0 Å². The molecule has 4 heterocycles.